The van der Waals surface area contributed by atoms with E-state index in [1.807, 2.05) is 39.8 Å². The first-order valence-corrected chi connectivity index (χ1v) is 16.2. The Bertz CT molecular complexity index is 1460. The van der Waals surface area contributed by atoms with Crippen LogP contribution in [0.2, 0.25) is 0 Å². The van der Waals surface area contributed by atoms with Crippen molar-refractivity contribution in [1.29, 1.82) is 0 Å². The molecule has 3 heterocycles. The van der Waals surface area contributed by atoms with E-state index >= 15 is 0 Å². The van der Waals surface area contributed by atoms with Crippen molar-refractivity contribution in [2.45, 2.75) is 103 Å². The van der Waals surface area contributed by atoms with E-state index in [1.54, 1.807) is 27.1 Å². The highest BCUT2D eigenvalue weighted by Crippen LogP contribution is 2.34. The van der Waals surface area contributed by atoms with Crippen LogP contribution in [0.5, 0.6) is 0 Å². The number of benzene rings is 1. The van der Waals surface area contributed by atoms with Gasteiger partial charge in [-0.1, -0.05) is 30.3 Å². The highest BCUT2D eigenvalue weighted by molar-refractivity contribution is 5.90. The molecule has 1 unspecified atom stereocenters. The van der Waals surface area contributed by atoms with Crippen molar-refractivity contribution in [2.75, 3.05) is 24.6 Å². The number of amides is 2. The van der Waals surface area contributed by atoms with Gasteiger partial charge in [0.1, 0.15) is 30.8 Å². The minimum absolute atomic E-state index is 0.00618. The van der Waals surface area contributed by atoms with Gasteiger partial charge < -0.3 is 29.7 Å². The zero-order valence-corrected chi connectivity index (χ0v) is 26.9. The monoisotopic (exact) mass is 635 g/mol. The minimum atomic E-state index is -0.855. The lowest BCUT2D eigenvalue weighted by molar-refractivity contribution is -0.149. The zero-order chi connectivity index (χ0) is 32.5. The normalized spacial score (nSPS) is 17.2. The third-order valence-corrected chi connectivity index (χ3v) is 7.81. The van der Waals surface area contributed by atoms with Gasteiger partial charge in [-0.2, -0.15) is 0 Å². The van der Waals surface area contributed by atoms with Crippen LogP contribution in [0.15, 0.2) is 43.0 Å². The third kappa shape index (κ3) is 9.38. The number of unbranched alkanes of at least 4 members (excludes halogenated alkanes) is 1. The number of carbonyl (C=O) groups excluding carboxylic acids is 3. The van der Waals surface area contributed by atoms with Crippen molar-refractivity contribution in [1.82, 2.24) is 30.2 Å². The molecule has 2 aromatic heterocycles. The van der Waals surface area contributed by atoms with E-state index in [1.165, 1.54) is 6.33 Å². The predicted molar refractivity (Wildman–Crippen MR) is 171 cm³/mol. The number of alkyl carbamates (subject to hydrolysis) is 1. The Balaban J connectivity index is 1.23. The Morgan fingerprint density at radius 1 is 1.07 bits per heavy atom. The molecule has 248 valence electrons. The van der Waals surface area contributed by atoms with E-state index in [0.29, 0.717) is 49.4 Å². The Kier molecular flexibility index (Phi) is 11.1. The molecule has 2 atom stereocenters. The average molecular weight is 636 g/mol. The summed E-state index contributed by atoms with van der Waals surface area (Å²) in [5.41, 5.74) is 1.56. The standard InChI is InChI=1S/C33H45N7O6/c1-33(2,3)46-32(43)34-17-9-7-13-25(31(42)45-20-23-11-5-4-6-12-23)38-26(41)19-39(24-15-16-24)29-28-30(36-21-35-29)40(22-37-28)27-14-8-10-18-44-27/h4-6,11-12,21-22,24-25,27H,7-10,13-20H2,1-3H3,(H,34,43)(H,38,41)/t25-,27?/m0/s1. The van der Waals surface area contributed by atoms with Crippen molar-refractivity contribution >= 4 is 35.0 Å². The molecule has 3 aromatic rings. The number of imidazole rings is 1. The smallest absolute Gasteiger partial charge is 0.407 e. The summed E-state index contributed by atoms with van der Waals surface area (Å²) < 4.78 is 18.8. The van der Waals surface area contributed by atoms with Crippen LogP contribution in [-0.2, 0) is 30.4 Å². The summed E-state index contributed by atoms with van der Waals surface area (Å²) in [6.07, 6.45) is 9.00. The molecule has 2 amide bonds. The van der Waals surface area contributed by atoms with Crippen molar-refractivity contribution in [3.8, 4) is 0 Å². The highest BCUT2D eigenvalue weighted by Gasteiger charge is 2.34. The van der Waals surface area contributed by atoms with Crippen LogP contribution in [0.3, 0.4) is 0 Å². The molecule has 1 saturated carbocycles. The van der Waals surface area contributed by atoms with Gasteiger partial charge in [0.2, 0.25) is 5.91 Å². The van der Waals surface area contributed by atoms with Crippen LogP contribution in [-0.4, -0.2) is 74.9 Å². The number of nitrogens with zero attached hydrogens (tertiary/aromatic N) is 5. The third-order valence-electron chi connectivity index (χ3n) is 7.81. The van der Waals surface area contributed by atoms with Crippen LogP contribution >= 0.6 is 0 Å². The second-order valence-electron chi connectivity index (χ2n) is 12.8. The summed E-state index contributed by atoms with van der Waals surface area (Å²) in [4.78, 5) is 54.4. The van der Waals surface area contributed by atoms with Gasteiger partial charge in [0.05, 0.1) is 12.9 Å². The molecule has 1 aromatic carbocycles. The maximum absolute atomic E-state index is 13.5. The van der Waals surface area contributed by atoms with E-state index in [4.69, 9.17) is 14.2 Å². The molecule has 0 radical (unpaired) electrons. The molecular weight excluding hydrogens is 590 g/mol. The zero-order valence-electron chi connectivity index (χ0n) is 26.9. The van der Waals surface area contributed by atoms with Crippen molar-refractivity contribution in [3.05, 3.63) is 48.5 Å². The lowest BCUT2D eigenvalue weighted by Gasteiger charge is -2.25. The lowest BCUT2D eigenvalue weighted by Crippen LogP contribution is -2.47. The van der Waals surface area contributed by atoms with Crippen LogP contribution in [0.25, 0.3) is 11.2 Å². The van der Waals surface area contributed by atoms with E-state index in [0.717, 1.165) is 37.7 Å². The topological polar surface area (TPSA) is 150 Å². The average Bonchev–Trinajstić information content (AvgIpc) is 3.79. The van der Waals surface area contributed by atoms with Crippen LogP contribution in [0.1, 0.15) is 83.9 Å². The molecule has 2 fully saturated rings. The summed E-state index contributed by atoms with van der Waals surface area (Å²) in [7, 11) is 0. The van der Waals surface area contributed by atoms with E-state index < -0.39 is 23.7 Å². The lowest BCUT2D eigenvalue weighted by atomic mass is 10.1. The first kappa shape index (κ1) is 33.1. The number of ether oxygens (including phenoxy) is 3. The van der Waals surface area contributed by atoms with Crippen LogP contribution in [0.4, 0.5) is 10.6 Å². The summed E-state index contributed by atoms with van der Waals surface area (Å²) in [5, 5.41) is 5.65. The summed E-state index contributed by atoms with van der Waals surface area (Å²) in [5.74, 6) is -0.234. The second kappa shape index (κ2) is 15.4. The van der Waals surface area contributed by atoms with Crippen molar-refractivity contribution in [3.63, 3.8) is 0 Å². The highest BCUT2D eigenvalue weighted by atomic mass is 16.6. The Hall–Kier alpha value is -4.26. The van der Waals surface area contributed by atoms with Gasteiger partial charge in [-0.25, -0.2) is 24.5 Å². The molecule has 13 heteroatoms. The molecule has 2 N–H and O–H groups in total. The molecule has 0 spiro atoms. The fraction of sp³-hybridized carbons (Fsp3) is 0.576. The number of hydrogen-bond acceptors (Lipinski definition) is 10. The number of anilines is 1. The molecule has 2 aliphatic rings. The first-order chi connectivity index (χ1) is 22.2. The Morgan fingerprint density at radius 3 is 2.59 bits per heavy atom. The summed E-state index contributed by atoms with van der Waals surface area (Å²) in [6, 6.07) is 8.69. The number of aromatic nitrogens is 4. The van der Waals surface area contributed by atoms with Gasteiger partial charge in [0.15, 0.2) is 17.0 Å². The Labute approximate surface area is 269 Å². The van der Waals surface area contributed by atoms with E-state index in [2.05, 4.69) is 25.6 Å². The largest absolute Gasteiger partial charge is 0.459 e. The minimum Gasteiger partial charge on any atom is -0.459 e. The molecule has 0 bridgehead atoms. The maximum Gasteiger partial charge on any atom is 0.407 e. The molecule has 1 saturated heterocycles. The number of rotatable bonds is 14. The van der Waals surface area contributed by atoms with Gasteiger partial charge in [-0.3, -0.25) is 9.36 Å². The first-order valence-electron chi connectivity index (χ1n) is 16.2. The predicted octanol–water partition coefficient (Wildman–Crippen LogP) is 4.42. The SMILES string of the molecule is CC(C)(C)OC(=O)NCCCC[C@H](NC(=O)CN(c1ncnc2c1ncn2C1CCCCO1)C1CC1)C(=O)OCc1ccccc1. The number of fused-ring (bicyclic) bond motifs is 1. The Morgan fingerprint density at radius 2 is 1.87 bits per heavy atom. The van der Waals surface area contributed by atoms with E-state index in [9.17, 15) is 14.4 Å². The second-order valence-corrected chi connectivity index (χ2v) is 12.8. The fourth-order valence-corrected chi connectivity index (χ4v) is 5.42. The summed E-state index contributed by atoms with van der Waals surface area (Å²) >= 11 is 0. The van der Waals surface area contributed by atoms with Gasteiger partial charge in [-0.05, 0) is 77.7 Å². The molecule has 13 nitrogen and oxygen atoms in total. The molecule has 1 aliphatic carbocycles. The van der Waals surface area contributed by atoms with Crippen molar-refractivity contribution < 1.29 is 28.6 Å². The van der Waals surface area contributed by atoms with Crippen LogP contribution in [0, 0.1) is 0 Å². The maximum atomic E-state index is 13.5. The number of nitrogens with one attached hydrogen (secondary N) is 2. The van der Waals surface area contributed by atoms with Crippen molar-refractivity contribution in [2.24, 2.45) is 0 Å². The van der Waals surface area contributed by atoms with Gasteiger partial charge in [0, 0.05) is 19.2 Å². The fourth-order valence-electron chi connectivity index (χ4n) is 5.42. The quantitative estimate of drug-likeness (QED) is 0.193. The number of carbonyl (C=O) groups is 3. The number of esters is 1. The molecular formula is C33H45N7O6. The number of hydrogen-bond donors (Lipinski definition) is 2. The molecule has 5 rings (SSSR count). The van der Waals surface area contributed by atoms with Gasteiger partial charge in [-0.15, -0.1) is 0 Å². The van der Waals surface area contributed by atoms with Gasteiger partial charge in [0.25, 0.3) is 0 Å². The van der Waals surface area contributed by atoms with E-state index in [-0.39, 0.29) is 31.3 Å². The van der Waals surface area contributed by atoms with Gasteiger partial charge >= 0.3 is 12.1 Å². The molecule has 46 heavy (non-hydrogen) atoms. The molecule has 1 aliphatic heterocycles. The van der Waals surface area contributed by atoms with Crippen LogP contribution < -0.4 is 15.5 Å². The summed E-state index contributed by atoms with van der Waals surface area (Å²) in [6.45, 7) is 6.60.